The maximum absolute atomic E-state index is 13.8. The number of phenols is 3. The molecule has 42 heavy (non-hydrogen) atoms. The summed E-state index contributed by atoms with van der Waals surface area (Å²) in [5.41, 5.74) is -0.495. The zero-order valence-electron chi connectivity index (χ0n) is 22.7. The van der Waals surface area contributed by atoms with Crippen molar-refractivity contribution in [2.45, 2.75) is 39.3 Å². The SMILES string of the molecule is Cc1cc(C(=O)c2cc(Cc3ccccc3)c(O)c(O)c2O)c(C(C)C)cc1Oc1ccc(C(F)(F)F)cc1[N+](=O)[O-]. The fourth-order valence-electron chi connectivity index (χ4n) is 4.50. The minimum atomic E-state index is -4.79. The van der Waals surface area contributed by atoms with Gasteiger partial charge in [0.25, 0.3) is 0 Å². The Labute approximate surface area is 238 Å². The molecule has 0 aliphatic rings. The number of hydrogen-bond donors (Lipinski definition) is 3. The summed E-state index contributed by atoms with van der Waals surface area (Å²) in [4.78, 5) is 24.3. The van der Waals surface area contributed by atoms with Crippen LogP contribution in [-0.2, 0) is 12.6 Å². The maximum Gasteiger partial charge on any atom is 0.416 e. The first-order valence-corrected chi connectivity index (χ1v) is 12.7. The number of nitrogens with zero attached hydrogens (tertiary/aromatic N) is 1. The predicted molar refractivity (Wildman–Crippen MR) is 148 cm³/mol. The van der Waals surface area contributed by atoms with Gasteiger partial charge in [-0.15, -0.1) is 0 Å². The van der Waals surface area contributed by atoms with Crippen LogP contribution in [-0.4, -0.2) is 26.0 Å². The molecule has 0 saturated carbocycles. The topological polar surface area (TPSA) is 130 Å². The number of carbonyl (C=O) groups is 1. The van der Waals surface area contributed by atoms with Gasteiger partial charge in [0.2, 0.25) is 11.5 Å². The summed E-state index contributed by atoms with van der Waals surface area (Å²) in [5, 5.41) is 43.0. The molecule has 0 fully saturated rings. The van der Waals surface area contributed by atoms with Gasteiger partial charge >= 0.3 is 11.9 Å². The highest BCUT2D eigenvalue weighted by Gasteiger charge is 2.34. The molecule has 0 unspecified atom stereocenters. The molecule has 4 rings (SSSR count). The minimum absolute atomic E-state index is 0.0700. The number of halogens is 3. The summed E-state index contributed by atoms with van der Waals surface area (Å²) in [6, 6.07) is 15.1. The Morgan fingerprint density at radius 1 is 0.905 bits per heavy atom. The van der Waals surface area contributed by atoms with E-state index in [2.05, 4.69) is 0 Å². The summed E-state index contributed by atoms with van der Waals surface area (Å²) in [7, 11) is 0. The first-order chi connectivity index (χ1) is 19.7. The third kappa shape index (κ3) is 5.99. The number of benzene rings is 4. The second-order valence-corrected chi connectivity index (χ2v) is 10.0. The molecule has 0 spiro atoms. The molecule has 0 amide bonds. The maximum atomic E-state index is 13.8. The summed E-state index contributed by atoms with van der Waals surface area (Å²) < 4.78 is 45.1. The van der Waals surface area contributed by atoms with Crippen LogP contribution in [0.5, 0.6) is 28.7 Å². The summed E-state index contributed by atoms with van der Waals surface area (Å²) in [6.07, 6.45) is -4.63. The quantitative estimate of drug-likeness (QED) is 0.0838. The minimum Gasteiger partial charge on any atom is -0.504 e. The number of nitro benzene ring substituents is 1. The van der Waals surface area contributed by atoms with Gasteiger partial charge in [0.15, 0.2) is 17.3 Å². The lowest BCUT2D eigenvalue weighted by Crippen LogP contribution is -2.10. The number of rotatable bonds is 8. The van der Waals surface area contributed by atoms with Gasteiger partial charge in [-0.05, 0) is 59.9 Å². The molecule has 0 atom stereocenters. The molecule has 4 aromatic rings. The molecule has 4 aromatic carbocycles. The van der Waals surface area contributed by atoms with Gasteiger partial charge in [-0.2, -0.15) is 13.2 Å². The van der Waals surface area contributed by atoms with E-state index in [0.717, 1.165) is 11.6 Å². The molecule has 11 heteroatoms. The van der Waals surface area contributed by atoms with Crippen molar-refractivity contribution in [1.82, 2.24) is 0 Å². The van der Waals surface area contributed by atoms with Crippen molar-refractivity contribution < 1.29 is 42.9 Å². The van der Waals surface area contributed by atoms with Crippen molar-refractivity contribution in [3.63, 3.8) is 0 Å². The third-order valence-corrected chi connectivity index (χ3v) is 6.73. The number of nitro groups is 1. The van der Waals surface area contributed by atoms with Crippen molar-refractivity contribution in [2.24, 2.45) is 0 Å². The fraction of sp³-hybridized carbons (Fsp3) is 0.194. The van der Waals surface area contributed by atoms with Crippen LogP contribution in [0.25, 0.3) is 0 Å². The van der Waals surface area contributed by atoms with E-state index in [-0.39, 0.29) is 34.8 Å². The lowest BCUT2D eigenvalue weighted by molar-refractivity contribution is -0.385. The number of ether oxygens (including phenoxy) is 1. The first-order valence-electron chi connectivity index (χ1n) is 12.7. The largest absolute Gasteiger partial charge is 0.504 e. The van der Waals surface area contributed by atoms with E-state index in [1.807, 2.05) is 6.07 Å². The van der Waals surface area contributed by atoms with Crippen molar-refractivity contribution in [2.75, 3.05) is 0 Å². The van der Waals surface area contributed by atoms with Gasteiger partial charge in [-0.25, -0.2) is 0 Å². The Hall–Kier alpha value is -5.06. The number of carbonyl (C=O) groups excluding carboxylic acids is 1. The Morgan fingerprint density at radius 3 is 2.17 bits per heavy atom. The average molecular weight is 582 g/mol. The average Bonchev–Trinajstić information content (AvgIpc) is 2.93. The van der Waals surface area contributed by atoms with Crippen LogP contribution >= 0.6 is 0 Å². The fourth-order valence-corrected chi connectivity index (χ4v) is 4.50. The number of hydrogen-bond acceptors (Lipinski definition) is 7. The van der Waals surface area contributed by atoms with Crippen LogP contribution in [0.4, 0.5) is 18.9 Å². The van der Waals surface area contributed by atoms with Crippen molar-refractivity contribution in [3.8, 4) is 28.7 Å². The predicted octanol–water partition coefficient (Wildman–Crippen LogP) is 7.78. The number of alkyl halides is 3. The van der Waals surface area contributed by atoms with Crippen molar-refractivity contribution in [1.29, 1.82) is 0 Å². The van der Waals surface area contributed by atoms with Crippen molar-refractivity contribution in [3.05, 3.63) is 116 Å². The Morgan fingerprint density at radius 2 is 1.57 bits per heavy atom. The Balaban J connectivity index is 1.77. The van der Waals surface area contributed by atoms with Crippen LogP contribution in [0.3, 0.4) is 0 Å². The molecule has 0 heterocycles. The molecular weight excluding hydrogens is 555 g/mol. The molecular formula is C31H26F3NO7. The molecule has 0 radical (unpaired) electrons. The Kier molecular flexibility index (Phi) is 8.14. The number of phenolic OH excluding ortho intramolecular Hbond substituents is 3. The smallest absolute Gasteiger partial charge is 0.416 e. The second-order valence-electron chi connectivity index (χ2n) is 10.0. The van der Waals surface area contributed by atoms with Gasteiger partial charge in [-0.1, -0.05) is 44.2 Å². The van der Waals surface area contributed by atoms with Gasteiger partial charge in [0, 0.05) is 23.6 Å². The molecule has 0 aliphatic heterocycles. The summed E-state index contributed by atoms with van der Waals surface area (Å²) in [5.74, 6) is -3.54. The van der Waals surface area contributed by atoms with E-state index in [1.54, 1.807) is 45.0 Å². The second kappa shape index (κ2) is 11.4. The van der Waals surface area contributed by atoms with Crippen LogP contribution in [0.2, 0.25) is 0 Å². The van der Waals surface area contributed by atoms with E-state index < -0.39 is 51.1 Å². The van der Waals surface area contributed by atoms with Crippen LogP contribution in [0, 0.1) is 17.0 Å². The molecule has 0 aromatic heterocycles. The normalized spacial score (nSPS) is 11.5. The van der Waals surface area contributed by atoms with E-state index in [4.69, 9.17) is 4.74 Å². The van der Waals surface area contributed by atoms with Crippen LogP contribution in [0.15, 0.2) is 66.7 Å². The standard InChI is InChI=1S/C31H26F3NO7/c1-16(2)21-15-26(42-25-10-9-20(31(32,33)34)14-24(25)35(40)41)17(3)11-22(21)28(37)23-13-19(27(36)30(39)29(23)38)12-18-7-5-4-6-8-18/h4-11,13-16,36,38-39H,12H2,1-3H3. The third-order valence-electron chi connectivity index (χ3n) is 6.73. The molecule has 0 bridgehead atoms. The molecule has 0 saturated heterocycles. The van der Waals surface area contributed by atoms with Gasteiger partial charge < -0.3 is 20.1 Å². The molecule has 8 nitrogen and oxygen atoms in total. The molecule has 0 aliphatic carbocycles. The highest BCUT2D eigenvalue weighted by atomic mass is 19.4. The van der Waals surface area contributed by atoms with E-state index in [0.29, 0.717) is 23.3 Å². The zero-order valence-corrected chi connectivity index (χ0v) is 22.7. The van der Waals surface area contributed by atoms with Gasteiger partial charge in [0.1, 0.15) is 5.75 Å². The van der Waals surface area contributed by atoms with E-state index in [9.17, 15) is 43.4 Å². The summed E-state index contributed by atoms with van der Waals surface area (Å²) in [6.45, 7) is 5.07. The highest BCUT2D eigenvalue weighted by molar-refractivity contribution is 6.12. The Bertz CT molecular complexity index is 1680. The highest BCUT2D eigenvalue weighted by Crippen LogP contribution is 2.44. The molecule has 3 N–H and O–H groups in total. The van der Waals surface area contributed by atoms with Gasteiger partial charge in [0.05, 0.1) is 16.1 Å². The number of ketones is 1. The van der Waals surface area contributed by atoms with E-state index >= 15 is 0 Å². The monoisotopic (exact) mass is 581 g/mol. The van der Waals surface area contributed by atoms with Crippen LogP contribution < -0.4 is 4.74 Å². The lowest BCUT2D eigenvalue weighted by Gasteiger charge is -2.18. The lowest BCUT2D eigenvalue weighted by atomic mass is 9.88. The van der Waals surface area contributed by atoms with E-state index in [1.165, 1.54) is 18.2 Å². The van der Waals surface area contributed by atoms with Crippen molar-refractivity contribution >= 4 is 11.5 Å². The number of aryl methyl sites for hydroxylation is 1. The number of aromatic hydroxyl groups is 3. The first kappa shape index (κ1) is 29.9. The molecule has 218 valence electrons. The zero-order chi connectivity index (χ0) is 30.9. The summed E-state index contributed by atoms with van der Waals surface area (Å²) >= 11 is 0. The van der Waals surface area contributed by atoms with Gasteiger partial charge in [-0.3, -0.25) is 14.9 Å². The van der Waals surface area contributed by atoms with Crippen LogP contribution in [0.1, 0.15) is 63.5 Å².